The van der Waals surface area contributed by atoms with Gasteiger partial charge in [-0.05, 0) is 6.07 Å². The van der Waals surface area contributed by atoms with Crippen LogP contribution >= 0.6 is 0 Å². The van der Waals surface area contributed by atoms with Gasteiger partial charge < -0.3 is 5.32 Å². The minimum atomic E-state index is 0.106. The lowest BCUT2D eigenvalue weighted by Crippen LogP contribution is -2.23. The minimum Gasteiger partial charge on any atom is -0.383 e. The topological polar surface area (TPSA) is 29.9 Å². The zero-order chi connectivity index (χ0) is 10.8. The summed E-state index contributed by atoms with van der Waals surface area (Å²) in [4.78, 5) is 0. The first-order chi connectivity index (χ1) is 6.39. The second-order valence-corrected chi connectivity index (χ2v) is 4.56. The smallest absolute Gasteiger partial charge is 0.0815 e. The molecule has 1 heterocycles. The molecule has 78 valence electrons. The molecule has 3 heteroatoms. The van der Waals surface area contributed by atoms with Gasteiger partial charge in [0.15, 0.2) is 0 Å². The maximum atomic E-state index is 4.28. The highest BCUT2D eigenvalue weighted by Gasteiger charge is 2.14. The molecule has 0 aliphatic heterocycles. The van der Waals surface area contributed by atoms with Crippen molar-refractivity contribution in [2.24, 2.45) is 12.5 Å². The summed E-state index contributed by atoms with van der Waals surface area (Å²) in [6.07, 6.45) is 1.94. The highest BCUT2D eigenvalue weighted by molar-refractivity contribution is 5.06. The van der Waals surface area contributed by atoms with Gasteiger partial charge >= 0.3 is 0 Å². The Morgan fingerprint density at radius 3 is 2.64 bits per heavy atom. The Morgan fingerprint density at radius 1 is 1.57 bits per heavy atom. The van der Waals surface area contributed by atoms with E-state index in [1.54, 1.807) is 4.68 Å². The third kappa shape index (κ3) is 2.91. The molecule has 0 aliphatic rings. The van der Waals surface area contributed by atoms with Gasteiger partial charge in [-0.2, -0.15) is 5.10 Å². The molecule has 1 N–H and O–H groups in total. The zero-order valence-corrected chi connectivity index (χ0v) is 9.46. The van der Waals surface area contributed by atoms with Crippen LogP contribution in [0.25, 0.3) is 0 Å². The summed E-state index contributed by atoms with van der Waals surface area (Å²) in [6.45, 7) is 11.2. The number of hydrogen-bond donors (Lipinski definition) is 1. The predicted octanol–water partition coefficient (Wildman–Crippen LogP) is 2.07. The maximum Gasteiger partial charge on any atom is 0.0815 e. The van der Waals surface area contributed by atoms with E-state index in [1.807, 2.05) is 19.3 Å². The number of aromatic nitrogens is 2. The highest BCUT2D eigenvalue weighted by Crippen LogP contribution is 2.20. The lowest BCUT2D eigenvalue weighted by Gasteiger charge is -2.22. The van der Waals surface area contributed by atoms with Gasteiger partial charge in [0.25, 0.3) is 0 Å². The van der Waals surface area contributed by atoms with Crippen LogP contribution in [0.1, 0.15) is 26.5 Å². The number of nitrogens with zero attached hydrogens (tertiary/aromatic N) is 2. The van der Waals surface area contributed by atoms with E-state index >= 15 is 0 Å². The number of rotatable bonds is 3. The molecule has 0 aliphatic carbocycles. The third-order valence-corrected chi connectivity index (χ3v) is 2.16. The first-order valence-corrected chi connectivity index (χ1v) is 4.81. The van der Waals surface area contributed by atoms with Crippen LogP contribution in [0, 0.1) is 5.41 Å². The molecule has 0 saturated heterocycles. The Labute approximate surface area is 85.8 Å². The predicted molar refractivity (Wildman–Crippen MR) is 58.6 cm³/mol. The second-order valence-electron chi connectivity index (χ2n) is 4.56. The van der Waals surface area contributed by atoms with Crippen molar-refractivity contribution in [3.8, 4) is 0 Å². The van der Waals surface area contributed by atoms with Crippen molar-refractivity contribution in [3.05, 3.63) is 30.2 Å². The van der Waals surface area contributed by atoms with Crippen molar-refractivity contribution in [3.63, 3.8) is 0 Å². The fourth-order valence-corrected chi connectivity index (χ4v) is 1.02. The van der Waals surface area contributed by atoms with E-state index in [4.69, 9.17) is 0 Å². The number of nitrogens with one attached hydrogen (secondary N) is 1. The van der Waals surface area contributed by atoms with E-state index in [0.29, 0.717) is 0 Å². The average molecular weight is 193 g/mol. The Morgan fingerprint density at radius 2 is 2.21 bits per heavy atom. The third-order valence-electron chi connectivity index (χ3n) is 2.16. The van der Waals surface area contributed by atoms with Crippen LogP contribution in [0.5, 0.6) is 0 Å². The molecule has 3 nitrogen and oxygen atoms in total. The van der Waals surface area contributed by atoms with Gasteiger partial charge in [0.1, 0.15) is 0 Å². The van der Waals surface area contributed by atoms with Crippen molar-refractivity contribution in [1.29, 1.82) is 0 Å². The Hall–Kier alpha value is -1.25. The lowest BCUT2D eigenvalue weighted by atomic mass is 9.93. The van der Waals surface area contributed by atoms with E-state index in [1.165, 1.54) is 0 Å². The Kier molecular flexibility index (Phi) is 2.99. The summed E-state index contributed by atoms with van der Waals surface area (Å²) in [6, 6.07) is 2.00. The molecule has 0 saturated carbocycles. The van der Waals surface area contributed by atoms with Crippen LogP contribution < -0.4 is 5.32 Å². The fraction of sp³-hybridized carbons (Fsp3) is 0.545. The number of aryl methyl sites for hydroxylation is 1. The van der Waals surface area contributed by atoms with Crippen LogP contribution in [-0.4, -0.2) is 9.78 Å². The van der Waals surface area contributed by atoms with Gasteiger partial charge in [-0.1, -0.05) is 27.4 Å². The van der Waals surface area contributed by atoms with Gasteiger partial charge in [0.2, 0.25) is 0 Å². The van der Waals surface area contributed by atoms with Crippen LogP contribution in [0.2, 0.25) is 0 Å². The van der Waals surface area contributed by atoms with Crippen molar-refractivity contribution in [2.45, 2.75) is 27.3 Å². The summed E-state index contributed by atoms with van der Waals surface area (Å²) in [5.74, 6) is 0. The SMILES string of the molecule is C=C(NCc1ccn(C)n1)C(C)(C)C. The standard InChI is InChI=1S/C11H19N3/c1-9(11(2,3)4)12-8-10-6-7-14(5)13-10/h6-7,12H,1,8H2,2-5H3. The minimum absolute atomic E-state index is 0.106. The molecule has 0 bridgehead atoms. The van der Waals surface area contributed by atoms with E-state index in [-0.39, 0.29) is 5.41 Å². The number of allylic oxidation sites excluding steroid dienone is 1. The molecule has 1 rings (SSSR count). The summed E-state index contributed by atoms with van der Waals surface area (Å²) in [5, 5.41) is 7.56. The van der Waals surface area contributed by atoms with Gasteiger partial charge in [0, 0.05) is 24.4 Å². The molecule has 1 aromatic rings. The highest BCUT2D eigenvalue weighted by atomic mass is 15.3. The molecular formula is C11H19N3. The molecule has 0 radical (unpaired) electrons. The fourth-order valence-electron chi connectivity index (χ4n) is 1.02. The maximum absolute atomic E-state index is 4.28. The molecule has 0 amide bonds. The molecule has 1 aromatic heterocycles. The second kappa shape index (κ2) is 3.86. The lowest BCUT2D eigenvalue weighted by molar-refractivity contribution is 0.459. The van der Waals surface area contributed by atoms with Crippen molar-refractivity contribution < 1.29 is 0 Å². The molecule has 14 heavy (non-hydrogen) atoms. The van der Waals surface area contributed by atoms with Gasteiger partial charge in [-0.3, -0.25) is 4.68 Å². The van der Waals surface area contributed by atoms with Gasteiger partial charge in [-0.25, -0.2) is 0 Å². The molecule has 0 aromatic carbocycles. The summed E-state index contributed by atoms with van der Waals surface area (Å²) >= 11 is 0. The normalized spacial score (nSPS) is 11.4. The molecular weight excluding hydrogens is 174 g/mol. The molecule has 0 spiro atoms. The zero-order valence-electron chi connectivity index (χ0n) is 9.46. The summed E-state index contributed by atoms with van der Waals surface area (Å²) in [5.41, 5.74) is 2.19. The monoisotopic (exact) mass is 193 g/mol. The van der Waals surface area contributed by atoms with Gasteiger partial charge in [-0.15, -0.1) is 0 Å². The van der Waals surface area contributed by atoms with E-state index < -0.39 is 0 Å². The van der Waals surface area contributed by atoms with Gasteiger partial charge in [0.05, 0.1) is 12.2 Å². The molecule has 0 fully saturated rings. The van der Waals surface area contributed by atoms with Crippen LogP contribution in [-0.2, 0) is 13.6 Å². The van der Waals surface area contributed by atoms with E-state index in [0.717, 1.165) is 17.9 Å². The van der Waals surface area contributed by atoms with E-state index in [9.17, 15) is 0 Å². The van der Waals surface area contributed by atoms with Crippen LogP contribution in [0.3, 0.4) is 0 Å². The van der Waals surface area contributed by atoms with Crippen LogP contribution in [0.4, 0.5) is 0 Å². The first kappa shape index (κ1) is 10.8. The quantitative estimate of drug-likeness (QED) is 0.796. The molecule has 0 atom stereocenters. The Bertz CT molecular complexity index is 318. The van der Waals surface area contributed by atoms with Crippen molar-refractivity contribution >= 4 is 0 Å². The average Bonchev–Trinajstić information content (AvgIpc) is 2.45. The molecule has 0 unspecified atom stereocenters. The summed E-state index contributed by atoms with van der Waals surface area (Å²) in [7, 11) is 1.92. The first-order valence-electron chi connectivity index (χ1n) is 4.81. The van der Waals surface area contributed by atoms with E-state index in [2.05, 4.69) is 37.8 Å². The van der Waals surface area contributed by atoms with Crippen molar-refractivity contribution in [1.82, 2.24) is 15.1 Å². The van der Waals surface area contributed by atoms with Crippen molar-refractivity contribution in [2.75, 3.05) is 0 Å². The largest absolute Gasteiger partial charge is 0.383 e. The summed E-state index contributed by atoms with van der Waals surface area (Å²) < 4.78 is 1.80. The number of hydrogen-bond acceptors (Lipinski definition) is 2. The Balaban J connectivity index is 2.46. The van der Waals surface area contributed by atoms with Crippen LogP contribution in [0.15, 0.2) is 24.5 Å².